The second kappa shape index (κ2) is 12.2. The van der Waals surface area contributed by atoms with Gasteiger partial charge in [0.05, 0.1) is 51.3 Å². The Hall–Kier alpha value is -3.35. The van der Waals surface area contributed by atoms with Crippen LogP contribution >= 0.6 is 0 Å². The molecule has 12 nitrogen and oxygen atoms in total. The first kappa shape index (κ1) is 25.3. The summed E-state index contributed by atoms with van der Waals surface area (Å²) in [6.45, 7) is 1.84. The number of fused-ring (bicyclic) bond motifs is 1. The Morgan fingerprint density at radius 2 is 1.74 bits per heavy atom. The molecule has 184 valence electrons. The highest BCUT2D eigenvalue weighted by Crippen LogP contribution is 2.32. The second-order valence-corrected chi connectivity index (χ2v) is 7.46. The molecular formula is C22H27N3O9. The van der Waals surface area contributed by atoms with Crippen molar-refractivity contribution in [3.63, 3.8) is 0 Å². The van der Waals surface area contributed by atoms with Crippen molar-refractivity contribution in [3.8, 4) is 0 Å². The van der Waals surface area contributed by atoms with E-state index in [1.807, 2.05) is 0 Å². The van der Waals surface area contributed by atoms with E-state index in [2.05, 4.69) is 15.4 Å². The van der Waals surface area contributed by atoms with Crippen molar-refractivity contribution in [2.24, 2.45) is 0 Å². The third-order valence-electron chi connectivity index (χ3n) is 5.22. The average Bonchev–Trinajstić information content (AvgIpc) is 3.08. The Labute approximate surface area is 195 Å². The molecule has 2 aliphatic heterocycles. The lowest BCUT2D eigenvalue weighted by Gasteiger charge is -2.27. The largest absolute Gasteiger partial charge is 0.467 e. The van der Waals surface area contributed by atoms with Gasteiger partial charge in [0.1, 0.15) is 12.6 Å². The van der Waals surface area contributed by atoms with Crippen LogP contribution in [0.1, 0.15) is 33.6 Å². The highest BCUT2D eigenvalue weighted by Gasteiger charge is 2.45. The number of carbonyl (C=O) groups excluding carboxylic acids is 5. The van der Waals surface area contributed by atoms with Gasteiger partial charge in [-0.2, -0.15) is 0 Å². The Morgan fingerprint density at radius 3 is 2.44 bits per heavy atom. The molecule has 1 aromatic carbocycles. The molecule has 2 heterocycles. The Bertz CT molecular complexity index is 950. The molecule has 1 fully saturated rings. The minimum atomic E-state index is -1.01. The van der Waals surface area contributed by atoms with Crippen molar-refractivity contribution >= 4 is 35.3 Å². The molecule has 0 radical (unpaired) electrons. The Balaban J connectivity index is 1.41. The fraction of sp³-hybridized carbons (Fsp3) is 0.500. The maximum absolute atomic E-state index is 13.0. The summed E-state index contributed by atoms with van der Waals surface area (Å²) >= 11 is 0. The molecule has 0 saturated carbocycles. The van der Waals surface area contributed by atoms with E-state index < -0.39 is 35.6 Å². The fourth-order valence-electron chi connectivity index (χ4n) is 3.57. The van der Waals surface area contributed by atoms with Crippen molar-refractivity contribution in [2.75, 3.05) is 58.6 Å². The summed E-state index contributed by atoms with van der Waals surface area (Å²) in [5, 5.41) is 5.27. The summed E-state index contributed by atoms with van der Waals surface area (Å²) in [7, 11) is 1.28. The van der Waals surface area contributed by atoms with Crippen LogP contribution in [0, 0.1) is 0 Å². The number of piperidine rings is 1. The van der Waals surface area contributed by atoms with Crippen molar-refractivity contribution in [1.29, 1.82) is 0 Å². The molecule has 4 amide bonds. The number of esters is 1. The molecule has 0 bridgehead atoms. The lowest BCUT2D eigenvalue weighted by molar-refractivity contribution is -0.146. The van der Waals surface area contributed by atoms with Gasteiger partial charge in [-0.1, -0.05) is 6.07 Å². The SMILES string of the molecule is COC(=O)COCCOCCOCCNc1cccc2c1C(=O)N(C1CCC(=O)NC1=O)C2=O. The zero-order valence-electron chi connectivity index (χ0n) is 18.8. The van der Waals surface area contributed by atoms with Crippen molar-refractivity contribution in [3.05, 3.63) is 29.3 Å². The number of nitrogens with one attached hydrogen (secondary N) is 2. The molecule has 0 aromatic heterocycles. The molecule has 1 aromatic rings. The average molecular weight is 477 g/mol. The van der Waals surface area contributed by atoms with Crippen molar-refractivity contribution in [1.82, 2.24) is 10.2 Å². The van der Waals surface area contributed by atoms with Crippen LogP contribution in [0.5, 0.6) is 0 Å². The van der Waals surface area contributed by atoms with E-state index in [0.717, 1.165) is 4.90 Å². The van der Waals surface area contributed by atoms with Crippen molar-refractivity contribution in [2.45, 2.75) is 18.9 Å². The predicted molar refractivity (Wildman–Crippen MR) is 116 cm³/mol. The molecule has 0 spiro atoms. The van der Waals surface area contributed by atoms with Crippen LogP contribution in [-0.4, -0.2) is 93.8 Å². The van der Waals surface area contributed by atoms with E-state index >= 15 is 0 Å². The molecule has 3 rings (SSSR count). The Morgan fingerprint density at radius 1 is 1.03 bits per heavy atom. The van der Waals surface area contributed by atoms with Gasteiger partial charge in [0.15, 0.2) is 0 Å². The van der Waals surface area contributed by atoms with Gasteiger partial charge in [0.2, 0.25) is 11.8 Å². The number of anilines is 1. The second-order valence-electron chi connectivity index (χ2n) is 7.46. The number of hydrogen-bond donors (Lipinski definition) is 2. The summed E-state index contributed by atoms with van der Waals surface area (Å²) < 4.78 is 20.3. The van der Waals surface area contributed by atoms with Crippen LogP contribution in [0.2, 0.25) is 0 Å². The number of ether oxygens (including phenoxy) is 4. The van der Waals surface area contributed by atoms with Crippen molar-refractivity contribution < 1.29 is 42.9 Å². The van der Waals surface area contributed by atoms with Crippen LogP contribution < -0.4 is 10.6 Å². The van der Waals surface area contributed by atoms with Gasteiger partial charge in [0, 0.05) is 18.7 Å². The number of nitrogens with zero attached hydrogens (tertiary/aromatic N) is 1. The quantitative estimate of drug-likeness (QED) is 0.221. The van der Waals surface area contributed by atoms with Gasteiger partial charge in [-0.15, -0.1) is 0 Å². The third-order valence-corrected chi connectivity index (χ3v) is 5.22. The lowest BCUT2D eigenvalue weighted by Crippen LogP contribution is -2.54. The normalized spacial score (nSPS) is 17.6. The number of amides is 4. The topological polar surface area (TPSA) is 150 Å². The van der Waals surface area contributed by atoms with Crippen LogP contribution in [0.4, 0.5) is 5.69 Å². The number of methoxy groups -OCH3 is 1. The highest BCUT2D eigenvalue weighted by molar-refractivity contribution is 6.25. The van der Waals surface area contributed by atoms with Gasteiger partial charge < -0.3 is 24.3 Å². The predicted octanol–water partition coefficient (Wildman–Crippen LogP) is -0.277. The zero-order chi connectivity index (χ0) is 24.5. The number of benzene rings is 1. The summed E-state index contributed by atoms with van der Waals surface area (Å²) in [5.41, 5.74) is 0.879. The van der Waals surface area contributed by atoms with E-state index in [-0.39, 0.29) is 37.2 Å². The van der Waals surface area contributed by atoms with Crippen LogP contribution in [-0.2, 0) is 33.3 Å². The third kappa shape index (κ3) is 6.16. The number of rotatable bonds is 13. The molecule has 2 N–H and O–H groups in total. The smallest absolute Gasteiger partial charge is 0.331 e. The maximum atomic E-state index is 13.0. The first-order valence-electron chi connectivity index (χ1n) is 10.8. The zero-order valence-corrected chi connectivity index (χ0v) is 18.8. The number of imide groups is 2. The fourth-order valence-corrected chi connectivity index (χ4v) is 3.57. The van der Waals surface area contributed by atoms with Gasteiger partial charge in [-0.25, -0.2) is 4.79 Å². The molecule has 12 heteroatoms. The van der Waals surface area contributed by atoms with Gasteiger partial charge >= 0.3 is 5.97 Å². The van der Waals surface area contributed by atoms with Gasteiger partial charge in [-0.05, 0) is 18.6 Å². The van der Waals surface area contributed by atoms with Crippen LogP contribution in [0.3, 0.4) is 0 Å². The summed E-state index contributed by atoms with van der Waals surface area (Å²) in [6.07, 6.45) is 0.169. The standard InChI is InChI=1S/C22H27N3O9/c1-31-18(27)13-34-12-11-33-10-9-32-8-7-23-15-4-2-3-14-19(15)22(30)25(21(14)29)16-5-6-17(26)24-20(16)28/h2-4,16,23H,5-13H2,1H3,(H,24,26,28). The molecule has 34 heavy (non-hydrogen) atoms. The van der Waals surface area contributed by atoms with E-state index in [1.54, 1.807) is 12.1 Å². The van der Waals surface area contributed by atoms with E-state index in [4.69, 9.17) is 14.2 Å². The molecule has 2 aliphatic rings. The lowest BCUT2D eigenvalue weighted by atomic mass is 10.0. The van der Waals surface area contributed by atoms with E-state index in [9.17, 15) is 24.0 Å². The van der Waals surface area contributed by atoms with Gasteiger partial charge in [-0.3, -0.25) is 29.4 Å². The minimum absolute atomic E-state index is 0.0660. The Kier molecular flexibility index (Phi) is 9.08. The van der Waals surface area contributed by atoms with Crippen LogP contribution in [0.15, 0.2) is 18.2 Å². The molecule has 1 atom stereocenters. The minimum Gasteiger partial charge on any atom is -0.467 e. The summed E-state index contributed by atoms with van der Waals surface area (Å²) in [6, 6.07) is 3.86. The van der Waals surface area contributed by atoms with Crippen LogP contribution in [0.25, 0.3) is 0 Å². The molecule has 0 aliphatic carbocycles. The maximum Gasteiger partial charge on any atom is 0.331 e. The monoisotopic (exact) mass is 477 g/mol. The van der Waals surface area contributed by atoms with Gasteiger partial charge in [0.25, 0.3) is 11.8 Å². The first-order valence-corrected chi connectivity index (χ1v) is 10.8. The van der Waals surface area contributed by atoms with E-state index in [1.165, 1.54) is 13.2 Å². The first-order chi connectivity index (χ1) is 16.4. The number of hydrogen-bond acceptors (Lipinski definition) is 10. The highest BCUT2D eigenvalue weighted by atomic mass is 16.6. The molecular weight excluding hydrogens is 450 g/mol. The summed E-state index contributed by atoms with van der Waals surface area (Å²) in [4.78, 5) is 61.2. The molecule has 1 unspecified atom stereocenters. The van der Waals surface area contributed by atoms with E-state index in [0.29, 0.717) is 38.7 Å². The number of carbonyl (C=O) groups is 5. The molecule has 1 saturated heterocycles. The summed E-state index contributed by atoms with van der Waals surface area (Å²) in [5.74, 6) is -2.64.